The van der Waals surface area contributed by atoms with E-state index in [1.807, 2.05) is 30.5 Å². The number of carbonyl (C=O) groups excluding carboxylic acids is 1. The molecule has 0 atom stereocenters. The molecule has 0 aliphatic rings. The molecule has 1 rings (SSSR count). The number of nitrogens with one attached hydrogen (secondary N) is 1. The van der Waals surface area contributed by atoms with Gasteiger partial charge in [0.15, 0.2) is 0 Å². The zero-order valence-corrected chi connectivity index (χ0v) is 12.4. The lowest BCUT2D eigenvalue weighted by Gasteiger charge is -2.22. The number of urea groups is 1. The van der Waals surface area contributed by atoms with E-state index in [2.05, 4.69) is 12.2 Å². The summed E-state index contributed by atoms with van der Waals surface area (Å²) in [7, 11) is 0. The third-order valence-corrected chi connectivity index (χ3v) is 3.58. The van der Waals surface area contributed by atoms with Crippen LogP contribution in [0.3, 0.4) is 0 Å². The highest BCUT2D eigenvalue weighted by Crippen LogP contribution is 2.24. The molecule has 0 fully saturated rings. The van der Waals surface area contributed by atoms with E-state index in [9.17, 15) is 4.79 Å². The van der Waals surface area contributed by atoms with Crippen LogP contribution in [0.2, 0.25) is 0 Å². The first-order chi connectivity index (χ1) is 9.22. The van der Waals surface area contributed by atoms with Crippen LogP contribution in [0.15, 0.2) is 29.2 Å². The van der Waals surface area contributed by atoms with E-state index in [0.717, 1.165) is 23.4 Å². The molecule has 0 radical (unpaired) electrons. The minimum atomic E-state index is -0.149. The lowest BCUT2D eigenvalue weighted by molar-refractivity contribution is 0.187. The Bertz CT molecular complexity index is 399. The molecule has 1 aromatic carbocycles. The van der Waals surface area contributed by atoms with Crippen LogP contribution in [0.4, 0.5) is 10.5 Å². The fraction of sp³-hybridized carbons (Fsp3) is 0.500. The maximum absolute atomic E-state index is 12.2. The van der Waals surface area contributed by atoms with Gasteiger partial charge in [-0.3, -0.25) is 0 Å². The molecule has 0 aliphatic carbocycles. The average Bonchev–Trinajstić information content (AvgIpc) is 2.44. The summed E-state index contributed by atoms with van der Waals surface area (Å²) in [6, 6.07) is 7.56. The number of amides is 2. The van der Waals surface area contributed by atoms with Crippen LogP contribution in [0.25, 0.3) is 0 Å². The molecule has 19 heavy (non-hydrogen) atoms. The van der Waals surface area contributed by atoms with Crippen molar-refractivity contribution in [2.24, 2.45) is 0 Å². The number of carbonyl (C=O) groups is 1. The third-order valence-electron chi connectivity index (χ3n) is 2.79. The van der Waals surface area contributed by atoms with Gasteiger partial charge in [-0.1, -0.05) is 25.5 Å². The van der Waals surface area contributed by atoms with Crippen molar-refractivity contribution in [2.75, 3.05) is 31.3 Å². The molecule has 0 saturated carbocycles. The lowest BCUT2D eigenvalue weighted by Crippen LogP contribution is -2.37. The van der Waals surface area contributed by atoms with E-state index < -0.39 is 0 Å². The second kappa shape index (κ2) is 8.82. The summed E-state index contributed by atoms with van der Waals surface area (Å²) in [4.78, 5) is 14.9. The van der Waals surface area contributed by atoms with Crippen LogP contribution in [0.1, 0.15) is 19.8 Å². The van der Waals surface area contributed by atoms with Gasteiger partial charge in [-0.2, -0.15) is 0 Å². The van der Waals surface area contributed by atoms with Crippen molar-refractivity contribution in [3.05, 3.63) is 24.3 Å². The zero-order chi connectivity index (χ0) is 14.1. The van der Waals surface area contributed by atoms with E-state index >= 15 is 0 Å². The summed E-state index contributed by atoms with van der Waals surface area (Å²) in [5.74, 6) is 0. The largest absolute Gasteiger partial charge is 0.395 e. The Hall–Kier alpha value is -1.20. The highest BCUT2D eigenvalue weighted by Gasteiger charge is 2.13. The van der Waals surface area contributed by atoms with Crippen molar-refractivity contribution in [3.63, 3.8) is 0 Å². The van der Waals surface area contributed by atoms with Crippen molar-refractivity contribution in [1.29, 1.82) is 0 Å². The van der Waals surface area contributed by atoms with Gasteiger partial charge in [-0.15, -0.1) is 11.8 Å². The van der Waals surface area contributed by atoms with E-state index in [1.165, 1.54) is 0 Å². The van der Waals surface area contributed by atoms with Crippen molar-refractivity contribution in [2.45, 2.75) is 24.7 Å². The van der Waals surface area contributed by atoms with E-state index in [4.69, 9.17) is 5.11 Å². The normalized spacial score (nSPS) is 10.3. The summed E-state index contributed by atoms with van der Waals surface area (Å²) in [5.41, 5.74) is 0.819. The van der Waals surface area contributed by atoms with Gasteiger partial charge >= 0.3 is 6.03 Å². The molecule has 0 spiro atoms. The van der Waals surface area contributed by atoms with Gasteiger partial charge in [0.1, 0.15) is 0 Å². The zero-order valence-electron chi connectivity index (χ0n) is 11.6. The van der Waals surface area contributed by atoms with Crippen LogP contribution in [0.5, 0.6) is 0 Å². The summed E-state index contributed by atoms with van der Waals surface area (Å²) in [6.45, 7) is 3.11. The van der Waals surface area contributed by atoms with Crippen LogP contribution in [0, 0.1) is 0 Å². The minimum Gasteiger partial charge on any atom is -0.395 e. The second-order valence-electron chi connectivity index (χ2n) is 4.19. The SMILES string of the molecule is CCCCN(CCO)C(=O)Nc1ccccc1SC. The molecule has 0 aliphatic heterocycles. The summed E-state index contributed by atoms with van der Waals surface area (Å²) < 4.78 is 0. The van der Waals surface area contributed by atoms with Crippen LogP contribution in [-0.2, 0) is 0 Å². The molecule has 2 amide bonds. The Labute approximate surface area is 119 Å². The van der Waals surface area contributed by atoms with Gasteiger partial charge < -0.3 is 15.3 Å². The molecule has 5 heteroatoms. The first-order valence-electron chi connectivity index (χ1n) is 6.52. The standard InChI is InChI=1S/C14H22N2O2S/c1-3-4-9-16(10-11-17)14(18)15-12-7-5-6-8-13(12)19-2/h5-8,17H,3-4,9-11H2,1-2H3,(H,15,18). The molecular weight excluding hydrogens is 260 g/mol. The summed E-state index contributed by atoms with van der Waals surface area (Å²) in [6.07, 6.45) is 3.95. The number of para-hydroxylation sites is 1. The number of unbranched alkanes of at least 4 members (excludes halogenated alkanes) is 1. The van der Waals surface area contributed by atoms with Crippen LogP contribution < -0.4 is 5.32 Å². The molecule has 1 aromatic rings. The minimum absolute atomic E-state index is 0.0126. The number of benzene rings is 1. The molecule has 2 N–H and O–H groups in total. The maximum atomic E-state index is 12.2. The smallest absolute Gasteiger partial charge is 0.321 e. The Kier molecular flexibility index (Phi) is 7.36. The van der Waals surface area contributed by atoms with E-state index in [0.29, 0.717) is 13.1 Å². The maximum Gasteiger partial charge on any atom is 0.321 e. The fourth-order valence-electron chi connectivity index (χ4n) is 1.73. The number of thioether (sulfide) groups is 1. The van der Waals surface area contributed by atoms with Crippen LogP contribution >= 0.6 is 11.8 Å². The van der Waals surface area contributed by atoms with Gasteiger partial charge in [0.2, 0.25) is 0 Å². The van der Waals surface area contributed by atoms with Gasteiger partial charge in [-0.25, -0.2) is 4.79 Å². The first kappa shape index (κ1) is 15.9. The molecular formula is C14H22N2O2S. The number of aliphatic hydroxyl groups is 1. The molecule has 0 unspecified atom stereocenters. The first-order valence-corrected chi connectivity index (χ1v) is 7.75. The van der Waals surface area contributed by atoms with Gasteiger partial charge in [0.05, 0.1) is 12.3 Å². The van der Waals surface area contributed by atoms with Crippen LogP contribution in [-0.4, -0.2) is 42.0 Å². The third kappa shape index (κ3) is 5.12. The number of nitrogens with zero attached hydrogens (tertiary/aromatic N) is 1. The summed E-state index contributed by atoms with van der Waals surface area (Å²) >= 11 is 1.60. The number of hydrogen-bond donors (Lipinski definition) is 2. The molecule has 0 bridgehead atoms. The van der Waals surface area contributed by atoms with Gasteiger partial charge in [0.25, 0.3) is 0 Å². The van der Waals surface area contributed by atoms with E-state index in [1.54, 1.807) is 16.7 Å². The Balaban J connectivity index is 2.69. The Morgan fingerprint density at radius 3 is 2.74 bits per heavy atom. The quantitative estimate of drug-likeness (QED) is 0.756. The van der Waals surface area contributed by atoms with Crippen molar-refractivity contribution < 1.29 is 9.90 Å². The molecule has 0 heterocycles. The molecule has 4 nitrogen and oxygen atoms in total. The molecule has 0 aromatic heterocycles. The predicted octanol–water partition coefficient (Wildman–Crippen LogP) is 3.03. The number of anilines is 1. The van der Waals surface area contributed by atoms with Crippen molar-refractivity contribution >= 4 is 23.5 Å². The van der Waals surface area contributed by atoms with Crippen molar-refractivity contribution in [1.82, 2.24) is 4.90 Å². The number of hydrogen-bond acceptors (Lipinski definition) is 3. The Morgan fingerprint density at radius 1 is 1.37 bits per heavy atom. The monoisotopic (exact) mass is 282 g/mol. The van der Waals surface area contributed by atoms with Crippen molar-refractivity contribution in [3.8, 4) is 0 Å². The average molecular weight is 282 g/mol. The molecule has 0 saturated heterocycles. The number of aliphatic hydroxyl groups excluding tert-OH is 1. The topological polar surface area (TPSA) is 52.6 Å². The Morgan fingerprint density at radius 2 is 2.11 bits per heavy atom. The fourth-order valence-corrected chi connectivity index (χ4v) is 2.28. The van der Waals surface area contributed by atoms with Gasteiger partial charge in [-0.05, 0) is 24.8 Å². The highest BCUT2D eigenvalue weighted by atomic mass is 32.2. The lowest BCUT2D eigenvalue weighted by atomic mass is 10.3. The molecule has 106 valence electrons. The highest BCUT2D eigenvalue weighted by molar-refractivity contribution is 7.98. The van der Waals surface area contributed by atoms with Gasteiger partial charge in [0, 0.05) is 18.0 Å². The second-order valence-corrected chi connectivity index (χ2v) is 5.04. The van der Waals surface area contributed by atoms with E-state index in [-0.39, 0.29) is 12.6 Å². The predicted molar refractivity (Wildman–Crippen MR) is 80.8 cm³/mol. The number of rotatable bonds is 7. The summed E-state index contributed by atoms with van der Waals surface area (Å²) in [5, 5.41) is 11.9.